The minimum Gasteiger partial charge on any atom is -0.493 e. The van der Waals surface area contributed by atoms with Crippen LogP contribution >= 0.6 is 0 Å². The summed E-state index contributed by atoms with van der Waals surface area (Å²) in [6.45, 7) is 3.17. The predicted octanol–water partition coefficient (Wildman–Crippen LogP) is 2.71. The number of nitrogens with zero attached hydrogens (tertiary/aromatic N) is 3. The van der Waals surface area contributed by atoms with Crippen LogP contribution in [0.25, 0.3) is 11.0 Å². The normalized spacial score (nSPS) is 11.6. The summed E-state index contributed by atoms with van der Waals surface area (Å²) in [5.41, 5.74) is -1.84. The van der Waals surface area contributed by atoms with Gasteiger partial charge >= 0.3 is 11.9 Å². The first-order chi connectivity index (χ1) is 15.1. The quantitative estimate of drug-likeness (QED) is 0.623. The van der Waals surface area contributed by atoms with Gasteiger partial charge in [0.25, 0.3) is 5.56 Å². The number of alkyl halides is 3. The van der Waals surface area contributed by atoms with Gasteiger partial charge in [0.2, 0.25) is 5.91 Å². The summed E-state index contributed by atoms with van der Waals surface area (Å²) in [6.07, 6.45) is -2.53. The Morgan fingerprint density at radius 2 is 1.94 bits per heavy atom. The van der Waals surface area contributed by atoms with Crippen LogP contribution in [-0.4, -0.2) is 26.6 Å². The van der Waals surface area contributed by atoms with Gasteiger partial charge in [0, 0.05) is 24.5 Å². The van der Waals surface area contributed by atoms with Gasteiger partial charge in [-0.3, -0.25) is 14.2 Å². The molecule has 8 nitrogen and oxygen atoms in total. The third kappa shape index (κ3) is 4.36. The lowest BCUT2D eigenvalue weighted by Crippen LogP contribution is -2.42. The molecule has 3 aromatic rings. The van der Waals surface area contributed by atoms with Gasteiger partial charge in [-0.1, -0.05) is 13.0 Å². The Bertz CT molecular complexity index is 1300. The van der Waals surface area contributed by atoms with Gasteiger partial charge in [0.05, 0.1) is 12.2 Å². The standard InChI is InChI=1S/C21H21F3N4O4/c1-4-12-10-25-18-16(17(12)32-5-2)19(30)28(20(31)27(18)3)11-15(29)26-14-8-6-7-13(9-14)21(22,23)24/h6-10H,4-5,11H2,1-3H3,(H,26,29). The number of hydrogen-bond acceptors (Lipinski definition) is 5. The fraction of sp³-hybridized carbons (Fsp3) is 0.333. The second-order valence-corrected chi connectivity index (χ2v) is 6.96. The lowest BCUT2D eigenvalue weighted by Gasteiger charge is -2.15. The Hall–Kier alpha value is -3.63. The van der Waals surface area contributed by atoms with Gasteiger partial charge in [0.15, 0.2) is 5.65 Å². The molecule has 1 aromatic carbocycles. The second-order valence-electron chi connectivity index (χ2n) is 6.96. The molecule has 1 amide bonds. The number of carbonyl (C=O) groups is 1. The van der Waals surface area contributed by atoms with Gasteiger partial charge < -0.3 is 10.1 Å². The number of nitrogens with one attached hydrogen (secondary N) is 1. The number of carbonyl (C=O) groups excluding carboxylic acids is 1. The van der Waals surface area contributed by atoms with Crippen molar-refractivity contribution in [3.8, 4) is 5.75 Å². The monoisotopic (exact) mass is 450 g/mol. The highest BCUT2D eigenvalue weighted by atomic mass is 19.4. The van der Waals surface area contributed by atoms with E-state index in [9.17, 15) is 27.6 Å². The topological polar surface area (TPSA) is 95.2 Å². The lowest BCUT2D eigenvalue weighted by atomic mass is 10.1. The first kappa shape index (κ1) is 23.0. The van der Waals surface area contributed by atoms with Crippen molar-refractivity contribution in [2.24, 2.45) is 7.05 Å². The Labute approximate surface area is 180 Å². The fourth-order valence-corrected chi connectivity index (χ4v) is 3.28. The highest BCUT2D eigenvalue weighted by Crippen LogP contribution is 2.30. The minimum absolute atomic E-state index is 0.0557. The van der Waals surface area contributed by atoms with E-state index in [0.29, 0.717) is 16.6 Å². The van der Waals surface area contributed by atoms with Crippen molar-refractivity contribution in [1.29, 1.82) is 0 Å². The SMILES string of the molecule is CCOc1c(CC)cnc2c1c(=O)n(CC(=O)Nc1cccc(C(F)(F)F)c1)c(=O)n2C. The molecule has 0 bridgehead atoms. The molecule has 0 saturated heterocycles. The van der Waals surface area contributed by atoms with E-state index in [4.69, 9.17) is 4.74 Å². The number of aromatic nitrogens is 3. The molecule has 0 radical (unpaired) electrons. The maximum Gasteiger partial charge on any atom is 0.416 e. The average Bonchev–Trinajstić information content (AvgIpc) is 2.74. The van der Waals surface area contributed by atoms with Gasteiger partial charge in [-0.2, -0.15) is 13.2 Å². The number of halogens is 3. The summed E-state index contributed by atoms with van der Waals surface area (Å²) in [5, 5.41) is 2.35. The number of amides is 1. The molecule has 1 N–H and O–H groups in total. The van der Waals surface area contributed by atoms with Crippen molar-refractivity contribution >= 4 is 22.6 Å². The van der Waals surface area contributed by atoms with Crippen LogP contribution in [0.15, 0.2) is 40.1 Å². The van der Waals surface area contributed by atoms with Crippen LogP contribution in [0.5, 0.6) is 5.75 Å². The number of pyridine rings is 1. The Morgan fingerprint density at radius 1 is 1.22 bits per heavy atom. The summed E-state index contributed by atoms with van der Waals surface area (Å²) in [5.74, 6) is -0.548. The zero-order chi connectivity index (χ0) is 23.6. The van der Waals surface area contributed by atoms with Crippen molar-refractivity contribution in [3.05, 3.63) is 62.4 Å². The lowest BCUT2D eigenvalue weighted by molar-refractivity contribution is -0.137. The minimum atomic E-state index is -4.58. The van der Waals surface area contributed by atoms with E-state index in [2.05, 4.69) is 10.3 Å². The molecule has 0 aliphatic rings. The number of rotatable bonds is 6. The number of benzene rings is 1. The molecule has 0 fully saturated rings. The predicted molar refractivity (Wildman–Crippen MR) is 112 cm³/mol. The molecule has 3 rings (SSSR count). The van der Waals surface area contributed by atoms with E-state index in [1.165, 1.54) is 19.3 Å². The zero-order valence-electron chi connectivity index (χ0n) is 17.6. The molecule has 32 heavy (non-hydrogen) atoms. The summed E-state index contributed by atoms with van der Waals surface area (Å²) in [6, 6.07) is 4.06. The molecule has 0 spiro atoms. The van der Waals surface area contributed by atoms with Crippen LogP contribution in [0.1, 0.15) is 25.0 Å². The number of ether oxygens (including phenoxy) is 1. The number of aryl methyl sites for hydroxylation is 2. The summed E-state index contributed by atoms with van der Waals surface area (Å²) in [4.78, 5) is 42.5. The molecular weight excluding hydrogens is 429 g/mol. The average molecular weight is 450 g/mol. The maximum atomic E-state index is 13.1. The number of fused-ring (bicyclic) bond motifs is 1. The molecular formula is C21H21F3N4O4. The van der Waals surface area contributed by atoms with Gasteiger partial charge in [-0.05, 0) is 31.5 Å². The van der Waals surface area contributed by atoms with Gasteiger partial charge in [-0.15, -0.1) is 0 Å². The maximum absolute atomic E-state index is 13.1. The molecule has 0 aliphatic heterocycles. The van der Waals surface area contributed by atoms with Crippen molar-refractivity contribution < 1.29 is 22.7 Å². The zero-order valence-corrected chi connectivity index (χ0v) is 17.6. The Balaban J connectivity index is 2.04. The molecule has 2 heterocycles. The molecule has 0 atom stereocenters. The van der Waals surface area contributed by atoms with Crippen LogP contribution in [0.2, 0.25) is 0 Å². The Morgan fingerprint density at radius 3 is 2.56 bits per heavy atom. The van der Waals surface area contributed by atoms with Crippen LogP contribution in [0.3, 0.4) is 0 Å². The van der Waals surface area contributed by atoms with Gasteiger partial charge in [0.1, 0.15) is 17.7 Å². The molecule has 2 aromatic heterocycles. The largest absolute Gasteiger partial charge is 0.493 e. The Kier molecular flexibility index (Phi) is 6.37. The van der Waals surface area contributed by atoms with Crippen molar-refractivity contribution in [2.45, 2.75) is 33.0 Å². The molecule has 0 saturated carbocycles. The van der Waals surface area contributed by atoms with Gasteiger partial charge in [-0.25, -0.2) is 14.3 Å². The van der Waals surface area contributed by atoms with Crippen molar-refractivity contribution in [2.75, 3.05) is 11.9 Å². The third-order valence-electron chi connectivity index (χ3n) is 4.82. The first-order valence-electron chi connectivity index (χ1n) is 9.79. The smallest absolute Gasteiger partial charge is 0.416 e. The van der Waals surface area contributed by atoms with Crippen LogP contribution in [0.4, 0.5) is 18.9 Å². The van der Waals surface area contributed by atoms with E-state index in [-0.39, 0.29) is 29.1 Å². The number of hydrogen-bond donors (Lipinski definition) is 1. The fourth-order valence-electron chi connectivity index (χ4n) is 3.28. The van der Waals surface area contributed by atoms with E-state index < -0.39 is 35.4 Å². The van der Waals surface area contributed by atoms with E-state index in [0.717, 1.165) is 22.8 Å². The summed E-state index contributed by atoms with van der Waals surface area (Å²) in [7, 11) is 1.40. The molecule has 170 valence electrons. The van der Waals surface area contributed by atoms with E-state index in [1.807, 2.05) is 6.92 Å². The first-order valence-corrected chi connectivity index (χ1v) is 9.79. The highest BCUT2D eigenvalue weighted by Gasteiger charge is 2.30. The summed E-state index contributed by atoms with van der Waals surface area (Å²) < 4.78 is 46.1. The number of anilines is 1. The van der Waals surface area contributed by atoms with Crippen LogP contribution < -0.4 is 21.3 Å². The highest BCUT2D eigenvalue weighted by molar-refractivity contribution is 5.91. The molecule has 11 heteroatoms. The summed E-state index contributed by atoms with van der Waals surface area (Å²) >= 11 is 0. The molecule has 0 aliphatic carbocycles. The van der Waals surface area contributed by atoms with Crippen LogP contribution in [-0.2, 0) is 31.0 Å². The molecule has 0 unspecified atom stereocenters. The van der Waals surface area contributed by atoms with E-state index >= 15 is 0 Å². The van der Waals surface area contributed by atoms with Crippen molar-refractivity contribution in [1.82, 2.24) is 14.1 Å². The van der Waals surface area contributed by atoms with Crippen molar-refractivity contribution in [3.63, 3.8) is 0 Å². The second kappa shape index (κ2) is 8.85. The van der Waals surface area contributed by atoms with E-state index in [1.54, 1.807) is 6.92 Å². The van der Waals surface area contributed by atoms with Crippen LogP contribution in [0, 0.1) is 0 Å². The third-order valence-corrected chi connectivity index (χ3v) is 4.82.